The van der Waals surface area contributed by atoms with Crippen LogP contribution >= 0.6 is 0 Å². The number of rotatable bonds is 2. The fraction of sp³-hybridized carbons (Fsp3) is 0.0667. The molecular weight excluding hydrogens is 226 g/mol. The third-order valence-corrected chi connectivity index (χ3v) is 3.17. The van der Waals surface area contributed by atoms with Crippen LogP contribution in [-0.2, 0) is 11.2 Å². The second-order valence-corrected chi connectivity index (χ2v) is 4.40. The first-order chi connectivity index (χ1) is 8.66. The highest BCUT2D eigenvalue weighted by Crippen LogP contribution is 2.36. The minimum absolute atomic E-state index is 0.0203. The lowest BCUT2D eigenvalue weighted by Crippen LogP contribution is -2.13. The van der Waals surface area contributed by atoms with Crippen molar-refractivity contribution in [3.63, 3.8) is 0 Å². The van der Waals surface area contributed by atoms with Crippen molar-refractivity contribution >= 4 is 11.7 Å². The van der Waals surface area contributed by atoms with Gasteiger partial charge in [0, 0.05) is 11.1 Å². The second kappa shape index (κ2) is 3.81. The molecule has 1 amide bonds. The number of hydrogen-bond donors (Lipinski definition) is 1. The minimum atomic E-state index is -0.391. The Morgan fingerprint density at radius 1 is 0.944 bits per heavy atom. The number of carbonyl (C=O) groups is 2. The summed E-state index contributed by atoms with van der Waals surface area (Å²) in [4.78, 5) is 23.1. The Morgan fingerprint density at radius 2 is 1.61 bits per heavy atom. The summed E-state index contributed by atoms with van der Waals surface area (Å²) in [6.07, 6.45) is 0.164. The van der Waals surface area contributed by atoms with Gasteiger partial charge in [-0.15, -0.1) is 0 Å². The van der Waals surface area contributed by atoms with Gasteiger partial charge in [0.05, 0.1) is 6.42 Å². The predicted octanol–water partition coefficient (Wildman–Crippen LogP) is 1.93. The molecular formula is C15H11NO2. The van der Waals surface area contributed by atoms with Crippen LogP contribution in [0.1, 0.15) is 21.5 Å². The van der Waals surface area contributed by atoms with E-state index in [1.54, 1.807) is 6.07 Å². The van der Waals surface area contributed by atoms with E-state index in [0.717, 1.165) is 22.3 Å². The van der Waals surface area contributed by atoms with Gasteiger partial charge in [0.2, 0.25) is 5.91 Å². The molecule has 0 aliphatic heterocycles. The second-order valence-electron chi connectivity index (χ2n) is 4.40. The maximum absolute atomic E-state index is 12.2. The highest BCUT2D eigenvalue weighted by Gasteiger charge is 2.26. The van der Waals surface area contributed by atoms with Crippen molar-refractivity contribution in [3.05, 3.63) is 59.2 Å². The third-order valence-electron chi connectivity index (χ3n) is 3.17. The molecule has 0 unspecified atom stereocenters. The van der Waals surface area contributed by atoms with Crippen molar-refractivity contribution < 1.29 is 9.59 Å². The molecule has 0 saturated heterocycles. The molecule has 18 heavy (non-hydrogen) atoms. The van der Waals surface area contributed by atoms with Crippen LogP contribution in [0.25, 0.3) is 11.1 Å². The summed E-state index contributed by atoms with van der Waals surface area (Å²) in [5.41, 5.74) is 9.23. The van der Waals surface area contributed by atoms with Gasteiger partial charge < -0.3 is 5.73 Å². The highest BCUT2D eigenvalue weighted by atomic mass is 16.1. The summed E-state index contributed by atoms with van der Waals surface area (Å²) in [7, 11) is 0. The molecule has 1 aliphatic carbocycles. The topological polar surface area (TPSA) is 60.2 Å². The van der Waals surface area contributed by atoms with Gasteiger partial charge in [0.15, 0.2) is 5.78 Å². The zero-order chi connectivity index (χ0) is 12.7. The smallest absolute Gasteiger partial charge is 0.221 e. The molecule has 1 aliphatic rings. The summed E-state index contributed by atoms with van der Waals surface area (Å²) in [5.74, 6) is -0.371. The van der Waals surface area contributed by atoms with Gasteiger partial charge in [0.1, 0.15) is 0 Å². The standard InChI is InChI=1S/C15H11NO2/c16-14(17)8-9-5-6-11-10-3-1-2-4-12(10)15(18)13(11)7-9/h1-7H,8H2,(H2,16,17). The van der Waals surface area contributed by atoms with E-state index >= 15 is 0 Å². The lowest BCUT2D eigenvalue weighted by Gasteiger charge is -2.02. The average molecular weight is 237 g/mol. The van der Waals surface area contributed by atoms with Crippen LogP contribution in [0.5, 0.6) is 0 Å². The van der Waals surface area contributed by atoms with E-state index in [-0.39, 0.29) is 12.2 Å². The van der Waals surface area contributed by atoms with Crippen molar-refractivity contribution in [2.24, 2.45) is 5.73 Å². The molecule has 0 fully saturated rings. The van der Waals surface area contributed by atoms with E-state index in [1.807, 2.05) is 36.4 Å². The lowest BCUT2D eigenvalue weighted by atomic mass is 10.0. The number of carbonyl (C=O) groups excluding carboxylic acids is 2. The first kappa shape index (κ1) is 10.7. The Labute approximate surface area is 104 Å². The molecule has 88 valence electrons. The van der Waals surface area contributed by atoms with Gasteiger partial charge in [0.25, 0.3) is 0 Å². The molecule has 3 rings (SSSR count). The number of ketones is 1. The number of primary amides is 1. The largest absolute Gasteiger partial charge is 0.369 e. The monoisotopic (exact) mass is 237 g/mol. The first-order valence-electron chi connectivity index (χ1n) is 5.72. The highest BCUT2D eigenvalue weighted by molar-refractivity contribution is 6.21. The maximum Gasteiger partial charge on any atom is 0.221 e. The first-order valence-corrected chi connectivity index (χ1v) is 5.72. The molecule has 0 spiro atoms. The Bertz CT molecular complexity index is 674. The molecule has 2 N–H and O–H groups in total. The molecule has 0 atom stereocenters. The fourth-order valence-electron chi connectivity index (χ4n) is 2.39. The van der Waals surface area contributed by atoms with Gasteiger partial charge in [-0.25, -0.2) is 0 Å². The van der Waals surface area contributed by atoms with E-state index in [9.17, 15) is 9.59 Å². The Balaban J connectivity index is 2.14. The van der Waals surface area contributed by atoms with Crippen LogP contribution in [0.15, 0.2) is 42.5 Å². The number of fused-ring (bicyclic) bond motifs is 3. The third kappa shape index (κ3) is 1.52. The molecule has 0 saturated carbocycles. The zero-order valence-electron chi connectivity index (χ0n) is 9.64. The molecule has 3 nitrogen and oxygen atoms in total. The Kier molecular flexibility index (Phi) is 2.27. The molecule has 0 aromatic heterocycles. The predicted molar refractivity (Wildman–Crippen MR) is 68.2 cm³/mol. The van der Waals surface area contributed by atoms with Gasteiger partial charge >= 0.3 is 0 Å². The summed E-state index contributed by atoms with van der Waals surface area (Å²) in [6.45, 7) is 0. The van der Waals surface area contributed by atoms with Crippen LogP contribution < -0.4 is 5.73 Å². The average Bonchev–Trinajstić information content (AvgIpc) is 2.63. The number of hydrogen-bond acceptors (Lipinski definition) is 2. The summed E-state index contributed by atoms with van der Waals surface area (Å²) < 4.78 is 0. The van der Waals surface area contributed by atoms with E-state index in [2.05, 4.69) is 0 Å². The Morgan fingerprint density at radius 3 is 2.33 bits per heavy atom. The molecule has 0 bridgehead atoms. The normalized spacial score (nSPS) is 12.1. The van der Waals surface area contributed by atoms with Crippen molar-refractivity contribution in [3.8, 4) is 11.1 Å². The minimum Gasteiger partial charge on any atom is -0.369 e. The molecule has 2 aromatic rings. The zero-order valence-corrected chi connectivity index (χ0v) is 9.64. The summed E-state index contributed by atoms with van der Waals surface area (Å²) in [5, 5.41) is 0. The number of amides is 1. The number of nitrogens with two attached hydrogens (primary N) is 1. The molecule has 3 heteroatoms. The maximum atomic E-state index is 12.2. The van der Waals surface area contributed by atoms with E-state index in [0.29, 0.717) is 5.56 Å². The SMILES string of the molecule is NC(=O)Cc1ccc2c(c1)C(=O)c1ccccc1-2. The molecule has 0 heterocycles. The van der Waals surface area contributed by atoms with Gasteiger partial charge in [-0.1, -0.05) is 36.4 Å². The van der Waals surface area contributed by atoms with Crippen molar-refractivity contribution in [2.45, 2.75) is 6.42 Å². The summed E-state index contributed by atoms with van der Waals surface area (Å²) >= 11 is 0. The van der Waals surface area contributed by atoms with Crippen LogP contribution in [0, 0.1) is 0 Å². The molecule has 0 radical (unpaired) electrons. The quantitative estimate of drug-likeness (QED) is 0.740. The van der Waals surface area contributed by atoms with Crippen LogP contribution in [0.3, 0.4) is 0 Å². The van der Waals surface area contributed by atoms with Crippen molar-refractivity contribution in [2.75, 3.05) is 0 Å². The van der Waals surface area contributed by atoms with Gasteiger partial charge in [-0.2, -0.15) is 0 Å². The van der Waals surface area contributed by atoms with E-state index in [4.69, 9.17) is 5.73 Å². The van der Waals surface area contributed by atoms with Crippen molar-refractivity contribution in [1.82, 2.24) is 0 Å². The van der Waals surface area contributed by atoms with Crippen LogP contribution in [0.2, 0.25) is 0 Å². The van der Waals surface area contributed by atoms with Crippen LogP contribution in [0.4, 0.5) is 0 Å². The van der Waals surface area contributed by atoms with Crippen molar-refractivity contribution in [1.29, 1.82) is 0 Å². The molecule has 2 aromatic carbocycles. The van der Waals surface area contributed by atoms with Gasteiger partial charge in [-0.3, -0.25) is 9.59 Å². The Hall–Kier alpha value is -2.42. The fourth-order valence-corrected chi connectivity index (χ4v) is 2.39. The van der Waals surface area contributed by atoms with E-state index in [1.165, 1.54) is 0 Å². The number of benzene rings is 2. The van der Waals surface area contributed by atoms with E-state index < -0.39 is 5.91 Å². The summed E-state index contributed by atoms with van der Waals surface area (Å²) in [6, 6.07) is 13.0. The van der Waals surface area contributed by atoms with Gasteiger partial charge in [-0.05, 0) is 22.8 Å². The lowest BCUT2D eigenvalue weighted by molar-refractivity contribution is -0.117. The van der Waals surface area contributed by atoms with Crippen LogP contribution in [-0.4, -0.2) is 11.7 Å².